The van der Waals surface area contributed by atoms with E-state index in [1.807, 2.05) is 60.7 Å². The molecule has 2 amide bonds. The number of nitrogens with zero attached hydrogens (tertiary/aromatic N) is 2. The molecular formula is C27H29ClN4O3. The van der Waals surface area contributed by atoms with Gasteiger partial charge in [-0.1, -0.05) is 54.1 Å². The Balaban J connectivity index is 1.21. The van der Waals surface area contributed by atoms with E-state index in [1.54, 1.807) is 12.1 Å². The zero-order chi connectivity index (χ0) is 24.6. The lowest BCUT2D eigenvalue weighted by molar-refractivity contribution is 0.0950. The van der Waals surface area contributed by atoms with Crippen molar-refractivity contribution < 1.29 is 14.7 Å². The van der Waals surface area contributed by atoms with E-state index >= 15 is 0 Å². The predicted molar refractivity (Wildman–Crippen MR) is 138 cm³/mol. The smallest absolute Gasteiger partial charge is 0.409 e. The Kier molecular flexibility index (Phi) is 8.36. The molecule has 3 N–H and O–H groups in total. The minimum Gasteiger partial charge on any atom is -0.465 e. The van der Waals surface area contributed by atoms with E-state index in [9.17, 15) is 9.59 Å². The molecule has 4 rings (SSSR count). The van der Waals surface area contributed by atoms with Gasteiger partial charge in [-0.3, -0.25) is 19.9 Å². The number of rotatable bonds is 8. The van der Waals surface area contributed by atoms with E-state index in [2.05, 4.69) is 20.4 Å². The number of anilines is 1. The van der Waals surface area contributed by atoms with Gasteiger partial charge in [-0.15, -0.1) is 0 Å². The second kappa shape index (κ2) is 11.8. The Morgan fingerprint density at radius 3 is 1.89 bits per heavy atom. The summed E-state index contributed by atoms with van der Waals surface area (Å²) in [5, 5.41) is 14.7. The second-order valence-electron chi connectivity index (χ2n) is 8.65. The van der Waals surface area contributed by atoms with Gasteiger partial charge in [-0.25, -0.2) is 4.79 Å². The molecule has 7 nitrogen and oxygen atoms in total. The molecule has 8 heteroatoms. The van der Waals surface area contributed by atoms with Crippen LogP contribution in [0.2, 0.25) is 5.02 Å². The fraction of sp³-hybridized carbons (Fsp3) is 0.259. The van der Waals surface area contributed by atoms with Crippen LogP contribution in [0.25, 0.3) is 0 Å². The maximum atomic E-state index is 12.5. The van der Waals surface area contributed by atoms with E-state index in [-0.39, 0.29) is 5.91 Å². The molecule has 1 aliphatic rings. The largest absolute Gasteiger partial charge is 0.465 e. The topological polar surface area (TPSA) is 84.9 Å². The molecule has 182 valence electrons. The third-order valence-electron chi connectivity index (χ3n) is 6.10. The number of hydrogen-bond acceptors (Lipinski definition) is 4. The van der Waals surface area contributed by atoms with E-state index in [0.717, 1.165) is 50.4 Å². The summed E-state index contributed by atoms with van der Waals surface area (Å²) in [6.45, 7) is 5.98. The molecule has 0 radical (unpaired) electrons. The molecular weight excluding hydrogens is 464 g/mol. The van der Waals surface area contributed by atoms with E-state index in [1.165, 1.54) is 5.56 Å². The van der Waals surface area contributed by atoms with Gasteiger partial charge in [0, 0.05) is 62.1 Å². The molecule has 35 heavy (non-hydrogen) atoms. The van der Waals surface area contributed by atoms with Crippen molar-refractivity contribution in [1.82, 2.24) is 15.1 Å². The number of carbonyl (C=O) groups is 2. The van der Waals surface area contributed by atoms with Gasteiger partial charge in [0.1, 0.15) is 0 Å². The van der Waals surface area contributed by atoms with Gasteiger partial charge in [0.15, 0.2) is 0 Å². The molecule has 1 heterocycles. The molecule has 0 spiro atoms. The summed E-state index contributed by atoms with van der Waals surface area (Å²) in [4.78, 5) is 28.0. The van der Waals surface area contributed by atoms with Crippen LogP contribution in [-0.4, -0.2) is 53.1 Å². The third kappa shape index (κ3) is 7.29. The normalized spacial score (nSPS) is 14.4. The van der Waals surface area contributed by atoms with Crippen LogP contribution in [0.5, 0.6) is 0 Å². The fourth-order valence-corrected chi connectivity index (χ4v) is 4.32. The number of hydrogen-bond donors (Lipinski definition) is 3. The summed E-state index contributed by atoms with van der Waals surface area (Å²) < 4.78 is 0. The zero-order valence-corrected chi connectivity index (χ0v) is 20.2. The average Bonchev–Trinajstić information content (AvgIpc) is 2.86. The molecule has 3 aromatic rings. The first kappa shape index (κ1) is 24.7. The maximum Gasteiger partial charge on any atom is 0.409 e. The van der Waals surface area contributed by atoms with Gasteiger partial charge >= 0.3 is 6.09 Å². The van der Waals surface area contributed by atoms with Gasteiger partial charge in [-0.05, 0) is 47.0 Å². The Hall–Kier alpha value is -3.39. The predicted octanol–water partition coefficient (Wildman–Crippen LogP) is 4.68. The van der Waals surface area contributed by atoms with Crippen molar-refractivity contribution in [2.45, 2.75) is 19.6 Å². The highest BCUT2D eigenvalue weighted by molar-refractivity contribution is 6.31. The van der Waals surface area contributed by atoms with E-state index < -0.39 is 6.09 Å². The molecule has 0 bridgehead atoms. The Morgan fingerprint density at radius 2 is 1.34 bits per heavy atom. The molecule has 1 aliphatic heterocycles. The first-order valence-corrected chi connectivity index (χ1v) is 12.0. The highest BCUT2D eigenvalue weighted by Gasteiger charge is 2.17. The van der Waals surface area contributed by atoms with Crippen LogP contribution in [-0.2, 0) is 19.6 Å². The van der Waals surface area contributed by atoms with Crippen molar-refractivity contribution >= 4 is 29.3 Å². The van der Waals surface area contributed by atoms with Gasteiger partial charge in [0.25, 0.3) is 5.91 Å². The molecule has 0 aliphatic carbocycles. The van der Waals surface area contributed by atoms with Crippen LogP contribution >= 0.6 is 11.6 Å². The highest BCUT2D eigenvalue weighted by Crippen LogP contribution is 2.16. The first-order chi connectivity index (χ1) is 17.0. The molecule has 1 saturated heterocycles. The van der Waals surface area contributed by atoms with Gasteiger partial charge in [0.2, 0.25) is 0 Å². The minimum atomic E-state index is -1.06. The van der Waals surface area contributed by atoms with E-state index in [0.29, 0.717) is 22.8 Å². The number of amides is 2. The maximum absolute atomic E-state index is 12.5. The van der Waals surface area contributed by atoms with Gasteiger partial charge < -0.3 is 10.4 Å². The van der Waals surface area contributed by atoms with Crippen molar-refractivity contribution in [3.05, 3.63) is 100 Å². The monoisotopic (exact) mass is 492 g/mol. The Bertz CT molecular complexity index is 1140. The lowest BCUT2D eigenvalue weighted by atomic mass is 10.1. The quantitative estimate of drug-likeness (QED) is 0.425. The summed E-state index contributed by atoms with van der Waals surface area (Å²) in [5.41, 5.74) is 4.45. The van der Waals surface area contributed by atoms with Crippen LogP contribution in [0.4, 0.5) is 10.5 Å². The number of halogens is 1. The molecule has 0 unspecified atom stereocenters. The van der Waals surface area contributed by atoms with Crippen molar-refractivity contribution in [3.8, 4) is 0 Å². The van der Waals surface area contributed by atoms with Crippen LogP contribution < -0.4 is 10.6 Å². The number of benzene rings is 3. The summed E-state index contributed by atoms with van der Waals surface area (Å²) in [6.07, 6.45) is -1.06. The summed E-state index contributed by atoms with van der Waals surface area (Å²) in [6, 6.07) is 22.8. The van der Waals surface area contributed by atoms with Gasteiger partial charge in [-0.2, -0.15) is 0 Å². The fourth-order valence-electron chi connectivity index (χ4n) is 4.12. The van der Waals surface area contributed by atoms with Crippen molar-refractivity contribution in [3.63, 3.8) is 0 Å². The molecule has 0 aromatic heterocycles. The highest BCUT2D eigenvalue weighted by atomic mass is 35.5. The van der Waals surface area contributed by atoms with Gasteiger partial charge in [0.05, 0.1) is 0 Å². The first-order valence-electron chi connectivity index (χ1n) is 11.6. The number of carboxylic acid groups (broad SMARTS) is 1. The zero-order valence-electron chi connectivity index (χ0n) is 19.4. The lowest BCUT2D eigenvalue weighted by Crippen LogP contribution is -2.45. The molecule has 3 aromatic carbocycles. The molecule has 0 saturated carbocycles. The van der Waals surface area contributed by atoms with E-state index in [4.69, 9.17) is 16.7 Å². The van der Waals surface area contributed by atoms with Crippen molar-refractivity contribution in [1.29, 1.82) is 0 Å². The number of nitrogens with one attached hydrogen (secondary N) is 2. The van der Waals surface area contributed by atoms with Crippen LogP contribution in [0.1, 0.15) is 27.0 Å². The Morgan fingerprint density at radius 1 is 0.800 bits per heavy atom. The number of piperazine rings is 1. The molecule has 0 atom stereocenters. The summed E-state index contributed by atoms with van der Waals surface area (Å²) >= 11 is 6.16. The lowest BCUT2D eigenvalue weighted by Gasteiger charge is -2.34. The third-order valence-corrected chi connectivity index (χ3v) is 6.46. The standard InChI is InChI=1S/C27H29ClN4O3/c28-25-4-2-1-3-23(25)17-29-26(33)22-9-5-20(6-10-22)18-31-13-15-32(16-14-31)19-21-7-11-24(12-8-21)30-27(34)35/h1-12,30H,13-19H2,(H,29,33)(H,34,35). The summed E-state index contributed by atoms with van der Waals surface area (Å²) in [7, 11) is 0. The Labute approximate surface area is 210 Å². The van der Waals surface area contributed by atoms with Crippen LogP contribution in [0.3, 0.4) is 0 Å². The number of carbonyl (C=O) groups excluding carboxylic acids is 1. The molecule has 1 fully saturated rings. The minimum absolute atomic E-state index is 0.114. The average molecular weight is 493 g/mol. The van der Waals surface area contributed by atoms with Crippen LogP contribution in [0, 0.1) is 0 Å². The van der Waals surface area contributed by atoms with Crippen molar-refractivity contribution in [2.75, 3.05) is 31.5 Å². The van der Waals surface area contributed by atoms with Crippen molar-refractivity contribution in [2.24, 2.45) is 0 Å². The second-order valence-corrected chi connectivity index (χ2v) is 9.06. The SMILES string of the molecule is O=C(O)Nc1ccc(CN2CCN(Cc3ccc(C(=O)NCc4ccccc4Cl)cc3)CC2)cc1. The summed E-state index contributed by atoms with van der Waals surface area (Å²) in [5.74, 6) is -0.114. The van der Waals surface area contributed by atoms with Crippen LogP contribution in [0.15, 0.2) is 72.8 Å².